The minimum atomic E-state index is 0. The predicted octanol–water partition coefficient (Wildman–Crippen LogP) is -0.644. The van der Waals surface area contributed by atoms with Gasteiger partial charge in [-0.05, 0) is 6.92 Å². The highest BCUT2D eigenvalue weighted by Gasteiger charge is 2.26. The predicted molar refractivity (Wildman–Crippen MR) is 100 cm³/mol. The summed E-state index contributed by atoms with van der Waals surface area (Å²) >= 11 is 0. The molecule has 2 amide bonds. The van der Waals surface area contributed by atoms with Crippen molar-refractivity contribution in [3.63, 3.8) is 0 Å². The molecule has 1 N–H and O–H groups in total. The molecule has 2 fully saturated rings. The van der Waals surface area contributed by atoms with Crippen molar-refractivity contribution in [1.29, 1.82) is 0 Å². The number of hydrogen-bond acceptors (Lipinski definition) is 5. The second-order valence-electron chi connectivity index (χ2n) is 6.47. The third-order valence-corrected chi connectivity index (χ3v) is 4.56. The lowest BCUT2D eigenvalue weighted by Crippen LogP contribution is -2.56. The van der Waals surface area contributed by atoms with Crippen molar-refractivity contribution in [2.45, 2.75) is 13.0 Å². The molecular formula is C15H31Cl2N5O2. The molecule has 24 heavy (non-hydrogen) atoms. The summed E-state index contributed by atoms with van der Waals surface area (Å²) in [4.78, 5) is 32.1. The van der Waals surface area contributed by atoms with Crippen LogP contribution in [0.5, 0.6) is 0 Å². The van der Waals surface area contributed by atoms with Crippen molar-refractivity contribution in [1.82, 2.24) is 24.9 Å². The maximum atomic E-state index is 12.4. The molecule has 2 saturated heterocycles. The fourth-order valence-corrected chi connectivity index (χ4v) is 2.88. The number of hydrogen-bond donors (Lipinski definition) is 1. The van der Waals surface area contributed by atoms with Gasteiger partial charge in [0.2, 0.25) is 11.8 Å². The number of nitrogens with zero attached hydrogens (tertiary/aromatic N) is 4. The van der Waals surface area contributed by atoms with Crippen LogP contribution in [0.2, 0.25) is 0 Å². The van der Waals surface area contributed by atoms with Gasteiger partial charge in [-0.3, -0.25) is 19.4 Å². The van der Waals surface area contributed by atoms with Gasteiger partial charge in [0.25, 0.3) is 0 Å². The molecule has 2 rings (SSSR count). The van der Waals surface area contributed by atoms with Crippen LogP contribution in [0.4, 0.5) is 0 Å². The Morgan fingerprint density at radius 3 is 2.21 bits per heavy atom. The van der Waals surface area contributed by atoms with Crippen LogP contribution in [-0.2, 0) is 9.59 Å². The van der Waals surface area contributed by atoms with Crippen LogP contribution >= 0.6 is 24.8 Å². The molecule has 142 valence electrons. The number of rotatable bonds is 4. The molecule has 0 unspecified atom stereocenters. The van der Waals surface area contributed by atoms with Gasteiger partial charge in [-0.2, -0.15) is 0 Å². The molecule has 0 radical (unpaired) electrons. The summed E-state index contributed by atoms with van der Waals surface area (Å²) < 4.78 is 0. The minimum Gasteiger partial charge on any atom is -0.348 e. The molecule has 1 atom stereocenters. The van der Waals surface area contributed by atoms with E-state index in [1.54, 1.807) is 19.0 Å². The van der Waals surface area contributed by atoms with Gasteiger partial charge in [-0.25, -0.2) is 0 Å². The fraction of sp³-hybridized carbons (Fsp3) is 0.867. The van der Waals surface area contributed by atoms with Gasteiger partial charge in [0.1, 0.15) is 0 Å². The Bertz CT molecular complexity index is 403. The molecular weight excluding hydrogens is 353 g/mol. The van der Waals surface area contributed by atoms with E-state index in [-0.39, 0.29) is 36.6 Å². The van der Waals surface area contributed by atoms with E-state index in [0.717, 1.165) is 45.8 Å². The summed E-state index contributed by atoms with van der Waals surface area (Å²) in [6, 6.07) is 0.414. The topological polar surface area (TPSA) is 59.1 Å². The number of nitrogens with one attached hydrogen (secondary N) is 1. The van der Waals surface area contributed by atoms with Crippen molar-refractivity contribution in [3.8, 4) is 0 Å². The van der Waals surface area contributed by atoms with E-state index in [4.69, 9.17) is 0 Å². The van der Waals surface area contributed by atoms with E-state index in [1.807, 2.05) is 4.90 Å². The molecule has 2 aliphatic rings. The van der Waals surface area contributed by atoms with E-state index >= 15 is 0 Å². The summed E-state index contributed by atoms with van der Waals surface area (Å²) in [6.07, 6.45) is 0. The first-order valence-corrected chi connectivity index (χ1v) is 8.12. The minimum absolute atomic E-state index is 0. The van der Waals surface area contributed by atoms with Gasteiger partial charge in [-0.15, -0.1) is 24.8 Å². The molecule has 9 heteroatoms. The van der Waals surface area contributed by atoms with Crippen molar-refractivity contribution in [3.05, 3.63) is 0 Å². The molecule has 0 aromatic rings. The maximum absolute atomic E-state index is 12.4. The fourth-order valence-electron chi connectivity index (χ4n) is 2.88. The zero-order chi connectivity index (χ0) is 16.1. The summed E-state index contributed by atoms with van der Waals surface area (Å²) in [6.45, 7) is 8.97. The largest absolute Gasteiger partial charge is 0.348 e. The number of piperazine rings is 2. The van der Waals surface area contributed by atoms with Crippen LogP contribution < -0.4 is 5.32 Å². The van der Waals surface area contributed by atoms with Crippen LogP contribution in [0, 0.1) is 0 Å². The highest BCUT2D eigenvalue weighted by Crippen LogP contribution is 2.06. The van der Waals surface area contributed by atoms with Crippen molar-refractivity contribution < 1.29 is 9.59 Å². The number of carbonyl (C=O) groups excluding carboxylic acids is 2. The number of amides is 2. The molecule has 7 nitrogen and oxygen atoms in total. The smallest absolute Gasteiger partial charge is 0.236 e. The summed E-state index contributed by atoms with van der Waals surface area (Å²) in [5.74, 6) is 0.335. The summed E-state index contributed by atoms with van der Waals surface area (Å²) in [7, 11) is 3.55. The standard InChI is InChI=1S/C15H29N5O2.2ClH/c1-13-10-16-4-5-20(13)12-15(22)19-8-6-18(7-9-19)11-14(21)17(2)3;;/h13,16H,4-12H2,1-3H3;2*1H/t13-;;/m0../s1. The molecule has 0 spiro atoms. The lowest BCUT2D eigenvalue weighted by molar-refractivity contribution is -0.135. The van der Waals surface area contributed by atoms with Gasteiger partial charge in [0, 0.05) is 66.0 Å². The van der Waals surface area contributed by atoms with E-state index in [9.17, 15) is 9.59 Å². The number of halogens is 2. The van der Waals surface area contributed by atoms with E-state index in [2.05, 4.69) is 22.0 Å². The van der Waals surface area contributed by atoms with Crippen LogP contribution in [-0.4, -0.2) is 110 Å². The van der Waals surface area contributed by atoms with Gasteiger partial charge < -0.3 is 15.1 Å². The second-order valence-corrected chi connectivity index (χ2v) is 6.47. The summed E-state index contributed by atoms with van der Waals surface area (Å²) in [5, 5.41) is 3.34. The average Bonchev–Trinajstić information content (AvgIpc) is 2.50. The van der Waals surface area contributed by atoms with Crippen molar-refractivity contribution in [2.24, 2.45) is 0 Å². The average molecular weight is 384 g/mol. The molecule has 0 aliphatic carbocycles. The van der Waals surface area contributed by atoms with E-state index in [0.29, 0.717) is 19.1 Å². The van der Waals surface area contributed by atoms with Gasteiger partial charge >= 0.3 is 0 Å². The SMILES string of the molecule is C[C@H]1CNCCN1CC(=O)N1CCN(CC(=O)N(C)C)CC1.Cl.Cl. The molecule has 0 aromatic heterocycles. The molecule has 0 saturated carbocycles. The normalized spacial score (nSPS) is 22.3. The zero-order valence-corrected chi connectivity index (χ0v) is 16.5. The molecule has 2 aliphatic heterocycles. The molecule has 0 aromatic carbocycles. The highest BCUT2D eigenvalue weighted by atomic mass is 35.5. The molecule has 2 heterocycles. The maximum Gasteiger partial charge on any atom is 0.236 e. The Hall–Kier alpha value is -0.600. The van der Waals surface area contributed by atoms with Gasteiger partial charge in [0.15, 0.2) is 0 Å². The third kappa shape index (κ3) is 6.72. The van der Waals surface area contributed by atoms with Crippen LogP contribution in [0.15, 0.2) is 0 Å². The Labute approximate surface area is 157 Å². The number of likely N-dealkylation sites (N-methyl/N-ethyl adjacent to an activating group) is 1. The van der Waals surface area contributed by atoms with E-state index in [1.165, 1.54) is 0 Å². The lowest BCUT2D eigenvalue weighted by Gasteiger charge is -2.38. The molecule has 0 bridgehead atoms. The highest BCUT2D eigenvalue weighted by molar-refractivity contribution is 5.85. The van der Waals surface area contributed by atoms with Gasteiger partial charge in [0.05, 0.1) is 13.1 Å². The Balaban J connectivity index is 0.00000264. The van der Waals surface area contributed by atoms with Crippen LogP contribution in [0.1, 0.15) is 6.92 Å². The lowest BCUT2D eigenvalue weighted by atomic mass is 10.2. The summed E-state index contributed by atoms with van der Waals surface area (Å²) in [5.41, 5.74) is 0. The first kappa shape index (κ1) is 23.4. The Kier molecular flexibility index (Phi) is 10.8. The first-order valence-electron chi connectivity index (χ1n) is 8.12. The Morgan fingerprint density at radius 1 is 1.04 bits per heavy atom. The number of carbonyl (C=O) groups is 2. The quantitative estimate of drug-likeness (QED) is 0.699. The van der Waals surface area contributed by atoms with Crippen LogP contribution in [0.3, 0.4) is 0 Å². The van der Waals surface area contributed by atoms with Crippen molar-refractivity contribution in [2.75, 3.05) is 73.0 Å². The monoisotopic (exact) mass is 383 g/mol. The van der Waals surface area contributed by atoms with Gasteiger partial charge in [-0.1, -0.05) is 0 Å². The van der Waals surface area contributed by atoms with Crippen molar-refractivity contribution >= 4 is 36.6 Å². The van der Waals surface area contributed by atoms with E-state index < -0.39 is 0 Å². The third-order valence-electron chi connectivity index (χ3n) is 4.56. The zero-order valence-electron chi connectivity index (χ0n) is 14.9. The Morgan fingerprint density at radius 2 is 1.67 bits per heavy atom. The second kappa shape index (κ2) is 11.1. The van der Waals surface area contributed by atoms with Crippen LogP contribution in [0.25, 0.3) is 0 Å². The first-order chi connectivity index (χ1) is 10.5.